The van der Waals surface area contributed by atoms with E-state index in [4.69, 9.17) is 23.2 Å². The van der Waals surface area contributed by atoms with Crippen molar-refractivity contribution in [1.29, 1.82) is 0 Å². The number of carbonyl (C=O) groups is 2. The third-order valence-electron chi connectivity index (χ3n) is 6.17. The second-order valence-corrected chi connectivity index (χ2v) is 10.3. The van der Waals surface area contributed by atoms with E-state index in [-0.39, 0.29) is 11.8 Å². The maximum atomic E-state index is 12.4. The van der Waals surface area contributed by atoms with Gasteiger partial charge in [0, 0.05) is 60.8 Å². The Morgan fingerprint density at radius 1 is 1.03 bits per heavy atom. The molecule has 0 spiro atoms. The van der Waals surface area contributed by atoms with Crippen LogP contribution in [0.5, 0.6) is 0 Å². The summed E-state index contributed by atoms with van der Waals surface area (Å²) in [5, 5.41) is 13.3. The van der Waals surface area contributed by atoms with Crippen LogP contribution in [0.15, 0.2) is 52.3 Å². The molecule has 4 rings (SSSR count). The van der Waals surface area contributed by atoms with Crippen molar-refractivity contribution in [2.75, 3.05) is 44.2 Å². The summed E-state index contributed by atoms with van der Waals surface area (Å²) in [5.41, 5.74) is 1.77. The smallest absolute Gasteiger partial charge is 0.306 e. The van der Waals surface area contributed by atoms with Crippen molar-refractivity contribution in [3.05, 3.63) is 58.1 Å². The highest BCUT2D eigenvalue weighted by Crippen LogP contribution is 2.40. The fourth-order valence-electron chi connectivity index (χ4n) is 4.16. The summed E-state index contributed by atoms with van der Waals surface area (Å²) in [6.07, 6.45) is 4.57. The number of carboxylic acids is 1. The number of benzene rings is 2. The van der Waals surface area contributed by atoms with Gasteiger partial charge in [0.2, 0.25) is 5.91 Å². The number of nitrogens with zero attached hydrogens (tertiary/aromatic N) is 2. The Morgan fingerprint density at radius 3 is 2.47 bits per heavy atom. The fourth-order valence-corrected chi connectivity index (χ4v) is 5.64. The molecule has 9 heteroatoms. The monoisotopic (exact) mass is 519 g/mol. The van der Waals surface area contributed by atoms with Gasteiger partial charge in [-0.05, 0) is 48.7 Å². The average molecular weight is 520 g/mol. The SMILES string of the molecule is O=C(O)C1CCN(c2cccc(Sc3ccc(/C=C/C(=O)N4CCNCC4)c(Cl)c3Cl)c2)CC1. The highest BCUT2D eigenvalue weighted by molar-refractivity contribution is 7.99. The minimum Gasteiger partial charge on any atom is -0.481 e. The van der Waals surface area contributed by atoms with Gasteiger partial charge in [0.25, 0.3) is 0 Å². The van der Waals surface area contributed by atoms with Gasteiger partial charge in [-0.1, -0.05) is 47.1 Å². The number of aliphatic carboxylic acids is 1. The number of anilines is 1. The lowest BCUT2D eigenvalue weighted by Crippen LogP contribution is -2.45. The molecular formula is C25H27Cl2N3O3S. The maximum absolute atomic E-state index is 12.4. The van der Waals surface area contributed by atoms with Crippen molar-refractivity contribution >= 4 is 58.6 Å². The normalized spacial score (nSPS) is 17.4. The fraction of sp³-hybridized carbons (Fsp3) is 0.360. The predicted molar refractivity (Wildman–Crippen MR) is 138 cm³/mol. The van der Waals surface area contributed by atoms with E-state index in [1.54, 1.807) is 12.2 Å². The molecule has 6 nitrogen and oxygen atoms in total. The topological polar surface area (TPSA) is 72.9 Å². The molecule has 0 bridgehead atoms. The number of carbonyl (C=O) groups excluding carboxylic acids is 1. The Kier molecular flexibility index (Phi) is 8.42. The summed E-state index contributed by atoms with van der Waals surface area (Å²) in [6.45, 7) is 4.46. The zero-order valence-corrected chi connectivity index (χ0v) is 21.0. The lowest BCUT2D eigenvalue weighted by Gasteiger charge is -2.32. The van der Waals surface area contributed by atoms with Crippen molar-refractivity contribution in [3.8, 4) is 0 Å². The van der Waals surface area contributed by atoms with Gasteiger partial charge >= 0.3 is 5.97 Å². The largest absolute Gasteiger partial charge is 0.481 e. The number of hydrogen-bond donors (Lipinski definition) is 2. The summed E-state index contributed by atoms with van der Waals surface area (Å²) in [6, 6.07) is 11.9. The van der Waals surface area contributed by atoms with Gasteiger partial charge in [0.15, 0.2) is 0 Å². The van der Waals surface area contributed by atoms with Crippen LogP contribution < -0.4 is 10.2 Å². The number of hydrogen-bond acceptors (Lipinski definition) is 5. The molecule has 180 valence electrons. The number of rotatable bonds is 6. The first kappa shape index (κ1) is 24.9. The molecule has 2 aliphatic heterocycles. The predicted octanol–water partition coefficient (Wildman–Crippen LogP) is 4.89. The van der Waals surface area contributed by atoms with Crippen LogP contribution in [0.25, 0.3) is 6.08 Å². The summed E-state index contributed by atoms with van der Waals surface area (Å²) >= 11 is 14.7. The highest BCUT2D eigenvalue weighted by atomic mass is 35.5. The Morgan fingerprint density at radius 2 is 1.76 bits per heavy atom. The van der Waals surface area contributed by atoms with E-state index in [1.807, 2.05) is 35.2 Å². The van der Waals surface area contributed by atoms with Crippen LogP contribution in [0.4, 0.5) is 5.69 Å². The molecule has 0 radical (unpaired) electrons. The molecule has 1 amide bonds. The van der Waals surface area contributed by atoms with E-state index >= 15 is 0 Å². The lowest BCUT2D eigenvalue weighted by atomic mass is 9.97. The summed E-state index contributed by atoms with van der Waals surface area (Å²) in [7, 11) is 0. The van der Waals surface area contributed by atoms with E-state index in [1.165, 1.54) is 11.8 Å². The number of carboxylic acid groups (broad SMARTS) is 1. The molecule has 2 fully saturated rings. The molecule has 0 aliphatic carbocycles. The van der Waals surface area contributed by atoms with Gasteiger partial charge in [-0.3, -0.25) is 9.59 Å². The zero-order chi connectivity index (χ0) is 24.1. The van der Waals surface area contributed by atoms with Crippen LogP contribution in [0.2, 0.25) is 10.0 Å². The Labute approximate surface area is 213 Å². The molecule has 0 unspecified atom stereocenters. The van der Waals surface area contributed by atoms with Gasteiger partial charge in [0.05, 0.1) is 16.0 Å². The van der Waals surface area contributed by atoms with Gasteiger partial charge in [0.1, 0.15) is 0 Å². The average Bonchev–Trinajstić information content (AvgIpc) is 2.87. The molecule has 0 aromatic heterocycles. The van der Waals surface area contributed by atoms with Gasteiger partial charge in [-0.2, -0.15) is 0 Å². The van der Waals surface area contributed by atoms with Crippen LogP contribution in [0, 0.1) is 5.92 Å². The number of halogens is 2. The Hall–Kier alpha value is -2.19. The molecule has 2 saturated heterocycles. The first-order chi connectivity index (χ1) is 16.4. The quantitative estimate of drug-likeness (QED) is 0.529. The molecule has 2 N–H and O–H groups in total. The van der Waals surface area contributed by atoms with Crippen molar-refractivity contribution in [2.24, 2.45) is 5.92 Å². The third kappa shape index (κ3) is 6.08. The number of nitrogens with one attached hydrogen (secondary N) is 1. The lowest BCUT2D eigenvalue weighted by molar-refractivity contribution is -0.142. The molecule has 2 aliphatic rings. The van der Waals surface area contributed by atoms with Crippen molar-refractivity contribution in [3.63, 3.8) is 0 Å². The Bertz CT molecular complexity index is 1080. The summed E-state index contributed by atoms with van der Waals surface area (Å²) in [4.78, 5) is 29.5. The molecule has 2 aromatic carbocycles. The zero-order valence-electron chi connectivity index (χ0n) is 18.7. The van der Waals surface area contributed by atoms with Crippen LogP contribution >= 0.6 is 35.0 Å². The standard InChI is InChI=1S/C25H27Cl2N3O3S/c26-23-17(5-7-22(31)30-14-10-28-11-15-30)4-6-21(24(23)27)34-20-3-1-2-19(16-20)29-12-8-18(9-13-29)25(32)33/h1-7,16,18,28H,8-15H2,(H,32,33)/b7-5+. The maximum Gasteiger partial charge on any atom is 0.306 e. The second kappa shape index (κ2) is 11.5. The molecule has 2 heterocycles. The number of piperazine rings is 1. The third-order valence-corrected chi connectivity index (χ3v) is 8.22. The minimum atomic E-state index is -0.707. The first-order valence-electron chi connectivity index (χ1n) is 11.3. The summed E-state index contributed by atoms with van der Waals surface area (Å²) < 4.78 is 0. The highest BCUT2D eigenvalue weighted by Gasteiger charge is 2.24. The summed E-state index contributed by atoms with van der Waals surface area (Å²) in [5.74, 6) is -0.993. The minimum absolute atomic E-state index is 0.0312. The van der Waals surface area contributed by atoms with E-state index in [0.29, 0.717) is 41.5 Å². The van der Waals surface area contributed by atoms with Gasteiger partial charge < -0.3 is 20.2 Å². The Balaban J connectivity index is 1.43. The molecule has 0 atom stereocenters. The number of amides is 1. The van der Waals surface area contributed by atoms with Crippen LogP contribution in [-0.2, 0) is 9.59 Å². The molecular weight excluding hydrogens is 493 g/mol. The first-order valence-corrected chi connectivity index (χ1v) is 12.9. The van der Waals surface area contributed by atoms with Crippen molar-refractivity contribution < 1.29 is 14.7 Å². The van der Waals surface area contributed by atoms with Crippen LogP contribution in [0.3, 0.4) is 0 Å². The van der Waals surface area contributed by atoms with E-state index in [9.17, 15) is 14.7 Å². The van der Waals surface area contributed by atoms with Crippen LogP contribution in [0.1, 0.15) is 18.4 Å². The number of piperidine rings is 1. The van der Waals surface area contributed by atoms with Gasteiger partial charge in [-0.15, -0.1) is 0 Å². The second-order valence-electron chi connectivity index (χ2n) is 8.39. The molecule has 2 aromatic rings. The molecule has 34 heavy (non-hydrogen) atoms. The van der Waals surface area contributed by atoms with E-state index in [2.05, 4.69) is 16.3 Å². The van der Waals surface area contributed by atoms with Crippen molar-refractivity contribution in [2.45, 2.75) is 22.6 Å². The van der Waals surface area contributed by atoms with E-state index < -0.39 is 5.97 Å². The van der Waals surface area contributed by atoms with Crippen molar-refractivity contribution in [1.82, 2.24) is 10.2 Å². The van der Waals surface area contributed by atoms with E-state index in [0.717, 1.165) is 41.7 Å². The van der Waals surface area contributed by atoms with Gasteiger partial charge in [-0.25, -0.2) is 0 Å². The van der Waals surface area contributed by atoms with Crippen LogP contribution in [-0.4, -0.2) is 61.2 Å². The molecule has 0 saturated carbocycles.